The van der Waals surface area contributed by atoms with Gasteiger partial charge >= 0.3 is 0 Å². The highest BCUT2D eigenvalue weighted by molar-refractivity contribution is 6.10. The number of benzene rings is 2. The van der Waals surface area contributed by atoms with Crippen molar-refractivity contribution in [1.29, 1.82) is 0 Å². The second kappa shape index (κ2) is 7.01. The van der Waals surface area contributed by atoms with Crippen molar-refractivity contribution in [3.63, 3.8) is 0 Å². The van der Waals surface area contributed by atoms with Gasteiger partial charge in [0.05, 0.1) is 28.3 Å². The molecule has 0 atom stereocenters. The number of carbonyl (C=O) groups excluding carboxylic acids is 1. The number of fused-ring (bicyclic) bond motifs is 2. The molecule has 1 fully saturated rings. The van der Waals surface area contributed by atoms with Gasteiger partial charge in [-0.3, -0.25) is 9.59 Å². The van der Waals surface area contributed by atoms with Crippen LogP contribution in [0.2, 0.25) is 0 Å². The molecule has 0 aliphatic carbocycles. The fourth-order valence-corrected chi connectivity index (χ4v) is 3.79. The molecule has 144 valence electrons. The zero-order valence-electron chi connectivity index (χ0n) is 15.7. The Morgan fingerprint density at radius 3 is 2.72 bits per heavy atom. The average molecular weight is 385 g/mol. The van der Waals surface area contributed by atoms with E-state index in [0.29, 0.717) is 28.0 Å². The second-order valence-corrected chi connectivity index (χ2v) is 7.16. The highest BCUT2D eigenvalue weighted by Crippen LogP contribution is 2.27. The number of hydrogen-bond donors (Lipinski definition) is 2. The van der Waals surface area contributed by atoms with E-state index in [2.05, 4.69) is 20.2 Å². The minimum absolute atomic E-state index is 0.240. The summed E-state index contributed by atoms with van der Waals surface area (Å²) in [6.45, 7) is 1.78. The minimum atomic E-state index is -0.246. The van der Waals surface area contributed by atoms with Crippen LogP contribution >= 0.6 is 0 Å². The summed E-state index contributed by atoms with van der Waals surface area (Å²) in [5.74, 6) is 0.462. The lowest BCUT2D eigenvalue weighted by atomic mass is 10.1. The third-order valence-electron chi connectivity index (χ3n) is 5.25. The summed E-state index contributed by atoms with van der Waals surface area (Å²) in [6.07, 6.45) is 3.55. The first-order chi connectivity index (χ1) is 14.2. The van der Waals surface area contributed by atoms with Gasteiger partial charge in [-0.15, -0.1) is 0 Å². The van der Waals surface area contributed by atoms with Crippen molar-refractivity contribution in [2.45, 2.75) is 12.8 Å². The Balaban J connectivity index is 1.55. The third kappa shape index (κ3) is 3.20. The number of carbonyl (C=O) groups is 1. The molecule has 1 aliphatic heterocycles. The van der Waals surface area contributed by atoms with Crippen molar-refractivity contribution >= 4 is 39.2 Å². The molecule has 0 unspecified atom stereocenters. The molecule has 3 heterocycles. The highest BCUT2D eigenvalue weighted by Gasteiger charge is 2.22. The van der Waals surface area contributed by atoms with Crippen molar-refractivity contribution in [2.75, 3.05) is 23.3 Å². The average Bonchev–Trinajstić information content (AvgIpc) is 3.28. The van der Waals surface area contributed by atoms with E-state index in [1.807, 2.05) is 30.3 Å². The summed E-state index contributed by atoms with van der Waals surface area (Å²) < 4.78 is 0. The Kier molecular flexibility index (Phi) is 4.20. The maximum absolute atomic E-state index is 13.2. The summed E-state index contributed by atoms with van der Waals surface area (Å²) in [5, 5.41) is 4.27. The Bertz CT molecular complexity index is 1290. The van der Waals surface area contributed by atoms with E-state index in [1.54, 1.807) is 18.2 Å². The second-order valence-electron chi connectivity index (χ2n) is 7.16. The lowest BCUT2D eigenvalue weighted by molar-refractivity contribution is 0.102. The molecule has 0 bridgehead atoms. The van der Waals surface area contributed by atoms with Crippen LogP contribution in [0.4, 0.5) is 11.5 Å². The van der Waals surface area contributed by atoms with Gasteiger partial charge in [0, 0.05) is 24.2 Å². The number of aromatic amines is 1. The van der Waals surface area contributed by atoms with Crippen LogP contribution in [0.15, 0.2) is 59.7 Å². The van der Waals surface area contributed by atoms with Crippen molar-refractivity contribution in [2.24, 2.45) is 0 Å². The summed E-state index contributed by atoms with van der Waals surface area (Å²) in [6, 6.07) is 14.8. The quantitative estimate of drug-likeness (QED) is 0.565. The van der Waals surface area contributed by atoms with Crippen molar-refractivity contribution in [1.82, 2.24) is 15.0 Å². The topological polar surface area (TPSA) is 91.0 Å². The number of nitrogens with one attached hydrogen (secondary N) is 2. The molecule has 1 amide bonds. The van der Waals surface area contributed by atoms with Crippen molar-refractivity contribution < 1.29 is 4.79 Å². The first-order valence-corrected chi connectivity index (χ1v) is 9.62. The van der Waals surface area contributed by atoms with E-state index in [-0.39, 0.29) is 11.5 Å². The molecular weight excluding hydrogens is 366 g/mol. The SMILES string of the molecule is O=C(Nc1ccc2nc[nH]c(=O)c2c1)c1cc2ccccc2nc1N1CCCC1. The highest BCUT2D eigenvalue weighted by atomic mass is 16.1. The third-order valence-corrected chi connectivity index (χ3v) is 5.25. The Morgan fingerprint density at radius 1 is 1.03 bits per heavy atom. The van der Waals surface area contributed by atoms with Crippen molar-refractivity contribution in [3.05, 3.63) is 70.8 Å². The predicted molar refractivity (Wildman–Crippen MR) is 114 cm³/mol. The molecule has 2 aromatic carbocycles. The van der Waals surface area contributed by atoms with Crippen LogP contribution in [0.1, 0.15) is 23.2 Å². The number of H-pyrrole nitrogens is 1. The van der Waals surface area contributed by atoms with Crippen LogP contribution in [0.3, 0.4) is 0 Å². The molecule has 0 spiro atoms. The van der Waals surface area contributed by atoms with Gasteiger partial charge in [0.25, 0.3) is 11.5 Å². The fraction of sp³-hybridized carbons (Fsp3) is 0.182. The zero-order chi connectivity index (χ0) is 19.8. The van der Waals surface area contributed by atoms with Crippen LogP contribution in [0.25, 0.3) is 21.8 Å². The lowest BCUT2D eigenvalue weighted by Gasteiger charge is -2.20. The molecular formula is C22H19N5O2. The fourth-order valence-electron chi connectivity index (χ4n) is 3.79. The van der Waals surface area contributed by atoms with E-state index in [0.717, 1.165) is 36.8 Å². The molecule has 2 N–H and O–H groups in total. The summed E-state index contributed by atoms with van der Waals surface area (Å²) in [4.78, 5) is 38.9. The molecule has 7 heteroatoms. The molecule has 2 aromatic heterocycles. The van der Waals surface area contributed by atoms with Gasteiger partial charge in [0.1, 0.15) is 5.82 Å². The number of nitrogens with zero attached hydrogens (tertiary/aromatic N) is 3. The Labute approximate surface area is 166 Å². The summed E-state index contributed by atoms with van der Waals surface area (Å²) >= 11 is 0. The monoisotopic (exact) mass is 385 g/mol. The number of hydrogen-bond acceptors (Lipinski definition) is 5. The summed E-state index contributed by atoms with van der Waals surface area (Å²) in [7, 11) is 0. The smallest absolute Gasteiger partial charge is 0.259 e. The van der Waals surface area contributed by atoms with Crippen LogP contribution in [-0.2, 0) is 0 Å². The zero-order valence-corrected chi connectivity index (χ0v) is 15.7. The van der Waals surface area contributed by atoms with E-state index in [1.165, 1.54) is 6.33 Å². The van der Waals surface area contributed by atoms with E-state index in [9.17, 15) is 9.59 Å². The molecule has 4 aromatic rings. The molecule has 5 rings (SSSR count). The Hall–Kier alpha value is -3.74. The normalized spacial score (nSPS) is 13.9. The maximum Gasteiger partial charge on any atom is 0.259 e. The lowest BCUT2D eigenvalue weighted by Crippen LogP contribution is -2.24. The van der Waals surface area contributed by atoms with Crippen LogP contribution < -0.4 is 15.8 Å². The number of anilines is 2. The number of pyridine rings is 1. The van der Waals surface area contributed by atoms with Crippen LogP contribution in [0, 0.1) is 0 Å². The molecule has 0 radical (unpaired) electrons. The molecule has 0 saturated carbocycles. The van der Waals surface area contributed by atoms with Gasteiger partial charge in [-0.2, -0.15) is 0 Å². The van der Waals surface area contributed by atoms with E-state index >= 15 is 0 Å². The molecule has 1 saturated heterocycles. The summed E-state index contributed by atoms with van der Waals surface area (Å²) in [5.41, 5.74) is 2.29. The standard InChI is InChI=1S/C22H19N5O2/c28-21-16-12-15(7-8-19(16)23-13-24-21)25-22(29)17-11-14-5-1-2-6-18(14)26-20(17)27-9-3-4-10-27/h1-2,5-8,11-13H,3-4,9-10H2,(H,25,29)(H,23,24,28). The van der Waals surface area contributed by atoms with Gasteiger partial charge in [0.15, 0.2) is 0 Å². The van der Waals surface area contributed by atoms with Gasteiger partial charge in [-0.05, 0) is 43.2 Å². The predicted octanol–water partition coefficient (Wildman–Crippen LogP) is 3.32. The van der Waals surface area contributed by atoms with Crippen molar-refractivity contribution in [3.8, 4) is 0 Å². The van der Waals surface area contributed by atoms with Crippen LogP contribution in [0.5, 0.6) is 0 Å². The largest absolute Gasteiger partial charge is 0.356 e. The van der Waals surface area contributed by atoms with Gasteiger partial charge in [0.2, 0.25) is 0 Å². The van der Waals surface area contributed by atoms with Crippen LogP contribution in [-0.4, -0.2) is 33.9 Å². The maximum atomic E-state index is 13.2. The first-order valence-electron chi connectivity index (χ1n) is 9.62. The van der Waals surface area contributed by atoms with Gasteiger partial charge in [-0.25, -0.2) is 9.97 Å². The molecule has 7 nitrogen and oxygen atoms in total. The van der Waals surface area contributed by atoms with Gasteiger partial charge < -0.3 is 15.2 Å². The number of para-hydroxylation sites is 1. The Morgan fingerprint density at radius 2 is 1.86 bits per heavy atom. The number of amides is 1. The number of rotatable bonds is 3. The van der Waals surface area contributed by atoms with E-state index < -0.39 is 0 Å². The number of aromatic nitrogens is 3. The minimum Gasteiger partial charge on any atom is -0.356 e. The van der Waals surface area contributed by atoms with E-state index in [4.69, 9.17) is 4.98 Å². The molecule has 1 aliphatic rings. The molecule has 29 heavy (non-hydrogen) atoms. The van der Waals surface area contributed by atoms with Gasteiger partial charge in [-0.1, -0.05) is 18.2 Å². The first kappa shape index (κ1) is 17.4.